The van der Waals surface area contributed by atoms with Gasteiger partial charge in [-0.05, 0) is 6.42 Å². The first kappa shape index (κ1) is 25.7. The normalized spacial score (nSPS) is 10.7. The van der Waals surface area contributed by atoms with Gasteiger partial charge in [0.25, 0.3) is 0 Å². The third-order valence-corrected chi connectivity index (χ3v) is 3.12. The van der Waals surface area contributed by atoms with E-state index < -0.39 is 5.97 Å². The smallest absolute Gasteiger partial charge is 0.325 e. The second kappa shape index (κ2) is 21.0. The first-order valence-electron chi connectivity index (χ1n) is 9.04. The van der Waals surface area contributed by atoms with Crippen LogP contribution in [0.5, 0.6) is 0 Å². The Hall–Kier alpha value is -1.30. The number of carbonyl (C=O) groups excluding carboxylic acids is 2. The van der Waals surface area contributed by atoms with Crippen LogP contribution in [0.25, 0.3) is 0 Å². The standard InChI is InChI=1S/C17H34N2O8/c1-22-8-4-18-5-9-26-11-10-24-6-3-7-25-12-13-27-15-16(20)19-14-17(21)23-2/h18H,3-15H2,1-2H3,(H,19,20). The third-order valence-electron chi connectivity index (χ3n) is 3.12. The highest BCUT2D eigenvalue weighted by Crippen LogP contribution is 1.87. The van der Waals surface area contributed by atoms with E-state index >= 15 is 0 Å². The van der Waals surface area contributed by atoms with Crippen LogP contribution in [0.1, 0.15) is 6.42 Å². The zero-order valence-electron chi connectivity index (χ0n) is 16.5. The fourth-order valence-electron chi connectivity index (χ4n) is 1.71. The molecule has 10 nitrogen and oxygen atoms in total. The maximum atomic E-state index is 11.3. The van der Waals surface area contributed by atoms with Crippen molar-refractivity contribution in [2.75, 3.05) is 93.3 Å². The van der Waals surface area contributed by atoms with Gasteiger partial charge in [-0.2, -0.15) is 0 Å². The summed E-state index contributed by atoms with van der Waals surface area (Å²) in [6.07, 6.45) is 0.776. The predicted octanol–water partition coefficient (Wildman–Crippen LogP) is -1.03. The average Bonchev–Trinajstić information content (AvgIpc) is 2.68. The number of carbonyl (C=O) groups is 2. The topological polar surface area (TPSA) is 114 Å². The van der Waals surface area contributed by atoms with Gasteiger partial charge in [-0.1, -0.05) is 0 Å². The summed E-state index contributed by atoms with van der Waals surface area (Å²) in [7, 11) is 2.93. The summed E-state index contributed by atoms with van der Waals surface area (Å²) in [6, 6.07) is 0. The molecule has 0 aromatic heterocycles. The van der Waals surface area contributed by atoms with Crippen LogP contribution in [0.2, 0.25) is 0 Å². The van der Waals surface area contributed by atoms with Gasteiger partial charge in [0, 0.05) is 33.4 Å². The molecule has 0 bridgehead atoms. The summed E-state index contributed by atoms with van der Waals surface area (Å²) in [6.45, 7) is 5.67. The minimum absolute atomic E-state index is 0.120. The summed E-state index contributed by atoms with van der Waals surface area (Å²) in [5, 5.41) is 5.56. The van der Waals surface area contributed by atoms with Gasteiger partial charge in [0.1, 0.15) is 13.2 Å². The Morgan fingerprint density at radius 3 is 1.96 bits per heavy atom. The van der Waals surface area contributed by atoms with E-state index in [2.05, 4.69) is 15.4 Å². The molecule has 0 aromatic rings. The highest BCUT2D eigenvalue weighted by atomic mass is 16.5. The number of nitrogens with one attached hydrogen (secondary N) is 2. The SMILES string of the molecule is COCCNCCOCCOCCCOCCOCC(=O)NCC(=O)OC. The Bertz CT molecular complexity index is 358. The molecule has 0 rings (SSSR count). The Labute approximate surface area is 161 Å². The van der Waals surface area contributed by atoms with E-state index in [0.717, 1.165) is 19.5 Å². The maximum Gasteiger partial charge on any atom is 0.325 e. The molecule has 0 saturated carbocycles. The number of esters is 1. The van der Waals surface area contributed by atoms with Gasteiger partial charge in [-0.15, -0.1) is 0 Å². The maximum absolute atomic E-state index is 11.3. The van der Waals surface area contributed by atoms with Crippen molar-refractivity contribution < 1.29 is 38.0 Å². The number of hydrogen-bond donors (Lipinski definition) is 2. The minimum Gasteiger partial charge on any atom is -0.468 e. The molecule has 10 heteroatoms. The van der Waals surface area contributed by atoms with Crippen LogP contribution in [-0.4, -0.2) is 105 Å². The molecular weight excluding hydrogens is 360 g/mol. The van der Waals surface area contributed by atoms with Gasteiger partial charge in [-0.3, -0.25) is 9.59 Å². The lowest BCUT2D eigenvalue weighted by atomic mass is 10.5. The molecule has 0 heterocycles. The molecular formula is C17H34N2O8. The average molecular weight is 394 g/mol. The fourth-order valence-corrected chi connectivity index (χ4v) is 1.71. The van der Waals surface area contributed by atoms with Crippen molar-refractivity contribution in [2.24, 2.45) is 0 Å². The number of amides is 1. The van der Waals surface area contributed by atoms with Crippen molar-refractivity contribution in [1.82, 2.24) is 10.6 Å². The fraction of sp³-hybridized carbons (Fsp3) is 0.882. The summed E-state index contributed by atoms with van der Waals surface area (Å²) in [5.74, 6) is -0.878. The van der Waals surface area contributed by atoms with E-state index in [9.17, 15) is 9.59 Å². The quantitative estimate of drug-likeness (QED) is 0.198. The van der Waals surface area contributed by atoms with Crippen molar-refractivity contribution >= 4 is 11.9 Å². The Balaban J connectivity index is 3.12. The van der Waals surface area contributed by atoms with Crippen LogP contribution in [0, 0.1) is 0 Å². The van der Waals surface area contributed by atoms with Gasteiger partial charge in [-0.25, -0.2) is 0 Å². The molecule has 2 N–H and O–H groups in total. The summed E-state index contributed by atoms with van der Waals surface area (Å²) in [4.78, 5) is 22.1. The molecule has 0 aromatic carbocycles. The number of ether oxygens (including phenoxy) is 6. The number of hydrogen-bond acceptors (Lipinski definition) is 9. The lowest BCUT2D eigenvalue weighted by Crippen LogP contribution is -2.33. The molecule has 160 valence electrons. The monoisotopic (exact) mass is 394 g/mol. The number of rotatable bonds is 20. The van der Waals surface area contributed by atoms with E-state index in [4.69, 9.17) is 23.7 Å². The molecule has 0 aliphatic heterocycles. The van der Waals surface area contributed by atoms with Crippen molar-refractivity contribution in [1.29, 1.82) is 0 Å². The Morgan fingerprint density at radius 2 is 1.33 bits per heavy atom. The Morgan fingerprint density at radius 1 is 0.741 bits per heavy atom. The van der Waals surface area contributed by atoms with E-state index in [1.165, 1.54) is 7.11 Å². The van der Waals surface area contributed by atoms with Crippen molar-refractivity contribution in [3.05, 3.63) is 0 Å². The van der Waals surface area contributed by atoms with Crippen LogP contribution >= 0.6 is 0 Å². The molecule has 1 amide bonds. The molecule has 0 aliphatic carbocycles. The van der Waals surface area contributed by atoms with Crippen molar-refractivity contribution in [2.45, 2.75) is 6.42 Å². The van der Waals surface area contributed by atoms with Gasteiger partial charge < -0.3 is 39.1 Å². The van der Waals surface area contributed by atoms with E-state index in [1.54, 1.807) is 7.11 Å². The first-order valence-corrected chi connectivity index (χ1v) is 9.04. The Kier molecular flexibility index (Phi) is 20.0. The summed E-state index contributed by atoms with van der Waals surface area (Å²) < 4.78 is 30.6. The molecule has 0 fully saturated rings. The third kappa shape index (κ3) is 20.9. The molecule has 0 atom stereocenters. The van der Waals surface area contributed by atoms with Gasteiger partial charge in [0.05, 0.1) is 46.8 Å². The zero-order chi connectivity index (χ0) is 20.0. The first-order chi connectivity index (χ1) is 13.2. The molecule has 27 heavy (non-hydrogen) atoms. The molecule has 0 aliphatic rings. The minimum atomic E-state index is -0.504. The summed E-state index contributed by atoms with van der Waals surface area (Å²) in [5.41, 5.74) is 0. The highest BCUT2D eigenvalue weighted by molar-refractivity contribution is 5.82. The lowest BCUT2D eigenvalue weighted by molar-refractivity contribution is -0.141. The van der Waals surface area contributed by atoms with Crippen LogP contribution in [0.3, 0.4) is 0 Å². The van der Waals surface area contributed by atoms with Gasteiger partial charge >= 0.3 is 5.97 Å². The van der Waals surface area contributed by atoms with Crippen molar-refractivity contribution in [3.63, 3.8) is 0 Å². The zero-order valence-corrected chi connectivity index (χ0v) is 16.5. The van der Waals surface area contributed by atoms with Crippen LogP contribution in [0.15, 0.2) is 0 Å². The van der Waals surface area contributed by atoms with E-state index in [-0.39, 0.29) is 19.1 Å². The molecule has 0 spiro atoms. The van der Waals surface area contributed by atoms with Gasteiger partial charge in [0.15, 0.2) is 0 Å². The van der Waals surface area contributed by atoms with Crippen LogP contribution in [-0.2, 0) is 38.0 Å². The lowest BCUT2D eigenvalue weighted by Gasteiger charge is -2.08. The number of methoxy groups -OCH3 is 2. The van der Waals surface area contributed by atoms with E-state index in [0.29, 0.717) is 52.9 Å². The summed E-state index contributed by atoms with van der Waals surface area (Å²) >= 11 is 0. The van der Waals surface area contributed by atoms with Crippen LogP contribution in [0.4, 0.5) is 0 Å². The molecule has 0 saturated heterocycles. The van der Waals surface area contributed by atoms with Crippen molar-refractivity contribution in [3.8, 4) is 0 Å². The largest absolute Gasteiger partial charge is 0.468 e. The van der Waals surface area contributed by atoms with Gasteiger partial charge in [0.2, 0.25) is 5.91 Å². The highest BCUT2D eigenvalue weighted by Gasteiger charge is 2.04. The van der Waals surface area contributed by atoms with E-state index in [1.807, 2.05) is 0 Å². The second-order valence-corrected chi connectivity index (χ2v) is 5.34. The van der Waals surface area contributed by atoms with Crippen LogP contribution < -0.4 is 10.6 Å². The predicted molar refractivity (Wildman–Crippen MR) is 97.7 cm³/mol. The molecule has 0 radical (unpaired) electrons. The second-order valence-electron chi connectivity index (χ2n) is 5.34. The molecule has 0 unspecified atom stereocenters.